The third kappa shape index (κ3) is 13.1. The van der Waals surface area contributed by atoms with E-state index >= 15 is 0 Å². The molecule has 0 saturated carbocycles. The van der Waals surface area contributed by atoms with Crippen molar-refractivity contribution in [3.63, 3.8) is 0 Å². The number of esters is 2. The molecule has 1 aliphatic heterocycles. The van der Waals surface area contributed by atoms with Crippen LogP contribution in [0, 0.1) is 23.7 Å². The topological polar surface area (TPSA) is 187 Å². The van der Waals surface area contributed by atoms with E-state index < -0.39 is 60.9 Å². The molecule has 4 N–H and O–H groups in total. The zero-order valence-electron chi connectivity index (χ0n) is 25.9. The lowest BCUT2D eigenvalue weighted by Crippen LogP contribution is -2.48. The highest BCUT2D eigenvalue weighted by molar-refractivity contribution is 5.90. The quantitative estimate of drug-likeness (QED) is 0.184. The summed E-state index contributed by atoms with van der Waals surface area (Å²) in [7, 11) is 0. The van der Waals surface area contributed by atoms with Gasteiger partial charge in [-0.05, 0) is 17.4 Å². The lowest BCUT2D eigenvalue weighted by molar-refractivity contribution is -0.258. The molecule has 2 rings (SSSR count). The van der Waals surface area contributed by atoms with Gasteiger partial charge in [-0.25, -0.2) is 0 Å². The molecular weight excluding hydrogens is 576 g/mol. The normalized spacial score (nSPS) is 21.7. The molecule has 1 aromatic rings. The monoisotopic (exact) mass is 620 g/mol. The van der Waals surface area contributed by atoms with E-state index in [-0.39, 0.29) is 56.8 Å². The zero-order chi connectivity index (χ0) is 32.6. The Bertz CT molecular complexity index is 1130. The van der Waals surface area contributed by atoms with Crippen molar-refractivity contribution in [2.24, 2.45) is 23.7 Å². The van der Waals surface area contributed by atoms with Crippen molar-refractivity contribution in [2.75, 3.05) is 39.4 Å². The third-order valence-electron chi connectivity index (χ3n) is 7.38. The van der Waals surface area contributed by atoms with Crippen molar-refractivity contribution in [2.45, 2.75) is 53.6 Å². The molecule has 14 heteroatoms. The summed E-state index contributed by atoms with van der Waals surface area (Å²) >= 11 is 0. The zero-order valence-corrected chi connectivity index (χ0v) is 25.9. The predicted octanol–water partition coefficient (Wildman–Crippen LogP) is 0.0436. The third-order valence-corrected chi connectivity index (χ3v) is 7.38. The van der Waals surface area contributed by atoms with Crippen LogP contribution < -0.4 is 21.3 Å². The van der Waals surface area contributed by atoms with E-state index in [1.165, 1.54) is 6.92 Å². The lowest BCUT2D eigenvalue weighted by atomic mass is 9.79. The lowest BCUT2D eigenvalue weighted by Gasteiger charge is -2.43. The maximum absolute atomic E-state index is 12.5. The van der Waals surface area contributed by atoms with Gasteiger partial charge in [0, 0.05) is 12.8 Å². The Kier molecular flexibility index (Phi) is 15.3. The Labute approximate surface area is 257 Å². The number of hydrogen-bond acceptors (Lipinski definition) is 10. The van der Waals surface area contributed by atoms with E-state index in [1.54, 1.807) is 19.1 Å². The van der Waals surface area contributed by atoms with Crippen LogP contribution in [0.3, 0.4) is 0 Å². The van der Waals surface area contributed by atoms with Crippen molar-refractivity contribution in [3.05, 3.63) is 35.9 Å². The van der Waals surface area contributed by atoms with E-state index in [4.69, 9.17) is 18.9 Å². The van der Waals surface area contributed by atoms with Crippen molar-refractivity contribution >= 4 is 35.6 Å². The van der Waals surface area contributed by atoms with Crippen molar-refractivity contribution in [1.82, 2.24) is 21.3 Å². The molecule has 1 aliphatic rings. The average Bonchev–Trinajstić information content (AvgIpc) is 3.01. The molecule has 244 valence electrons. The number of hydrogen-bond donors (Lipinski definition) is 4. The molecular formula is C30H44N4O10. The van der Waals surface area contributed by atoms with Gasteiger partial charge in [0.1, 0.15) is 19.8 Å². The van der Waals surface area contributed by atoms with E-state index in [1.807, 2.05) is 32.0 Å². The molecule has 2 unspecified atom stereocenters. The summed E-state index contributed by atoms with van der Waals surface area (Å²) in [6.07, 6.45) is -0.919. The van der Waals surface area contributed by atoms with E-state index in [9.17, 15) is 28.8 Å². The summed E-state index contributed by atoms with van der Waals surface area (Å²) in [6, 6.07) is 9.05. The molecule has 1 fully saturated rings. The van der Waals surface area contributed by atoms with Gasteiger partial charge in [0.25, 0.3) is 0 Å². The summed E-state index contributed by atoms with van der Waals surface area (Å²) in [5.74, 6) is -3.49. The molecule has 44 heavy (non-hydrogen) atoms. The summed E-state index contributed by atoms with van der Waals surface area (Å²) < 4.78 is 22.1. The molecule has 0 radical (unpaired) electrons. The first-order chi connectivity index (χ1) is 20.9. The first-order valence-electron chi connectivity index (χ1n) is 14.5. The molecule has 1 saturated heterocycles. The first kappa shape index (κ1) is 36.2. The SMILES string of the molecule is CC(=O)OCC1O[C@@H](OC[C@H](C)C(=O)NCC(=O)NCC(=O)NCC(=O)NCC(=O)OCc2ccccc2)C(C)[C@@H](C)[C@@H]1C. The first-order valence-corrected chi connectivity index (χ1v) is 14.5. The fourth-order valence-corrected chi connectivity index (χ4v) is 4.23. The smallest absolute Gasteiger partial charge is 0.325 e. The van der Waals surface area contributed by atoms with Gasteiger partial charge in [-0.1, -0.05) is 58.0 Å². The summed E-state index contributed by atoms with van der Waals surface area (Å²) in [4.78, 5) is 71.4. The second-order valence-electron chi connectivity index (χ2n) is 10.9. The van der Waals surface area contributed by atoms with E-state index in [0.717, 1.165) is 5.56 Å². The molecule has 6 atom stereocenters. The molecule has 0 aliphatic carbocycles. The number of carbonyl (C=O) groups is 6. The molecule has 14 nitrogen and oxygen atoms in total. The van der Waals surface area contributed by atoms with Crippen LogP contribution in [0.4, 0.5) is 0 Å². The maximum atomic E-state index is 12.5. The summed E-state index contributed by atoms with van der Waals surface area (Å²) in [6.45, 7) is 7.78. The van der Waals surface area contributed by atoms with Gasteiger partial charge in [-0.15, -0.1) is 0 Å². The highest BCUT2D eigenvalue weighted by Crippen LogP contribution is 2.35. The fraction of sp³-hybridized carbons (Fsp3) is 0.600. The molecule has 0 bridgehead atoms. The highest BCUT2D eigenvalue weighted by Gasteiger charge is 2.40. The van der Waals surface area contributed by atoms with Gasteiger partial charge in [-0.2, -0.15) is 0 Å². The van der Waals surface area contributed by atoms with Crippen molar-refractivity contribution in [3.8, 4) is 0 Å². The molecule has 4 amide bonds. The largest absolute Gasteiger partial charge is 0.463 e. The summed E-state index contributed by atoms with van der Waals surface area (Å²) in [5, 5.41) is 9.49. The Morgan fingerprint density at radius 2 is 1.34 bits per heavy atom. The molecule has 1 heterocycles. The van der Waals surface area contributed by atoms with Gasteiger partial charge < -0.3 is 40.2 Å². The minimum absolute atomic E-state index is 0.0401. The van der Waals surface area contributed by atoms with Crippen LogP contribution in [0.25, 0.3) is 0 Å². The van der Waals surface area contributed by atoms with Crippen LogP contribution >= 0.6 is 0 Å². The van der Waals surface area contributed by atoms with Crippen LogP contribution in [0.5, 0.6) is 0 Å². The number of carbonyl (C=O) groups excluding carboxylic acids is 6. The second kappa shape index (κ2) is 18.6. The predicted molar refractivity (Wildman–Crippen MR) is 156 cm³/mol. The van der Waals surface area contributed by atoms with Crippen LogP contribution in [-0.4, -0.2) is 87.4 Å². The van der Waals surface area contributed by atoms with Gasteiger partial charge in [0.15, 0.2) is 6.29 Å². The fourth-order valence-electron chi connectivity index (χ4n) is 4.23. The number of nitrogens with one attached hydrogen (secondary N) is 4. The number of rotatable bonds is 16. The minimum Gasteiger partial charge on any atom is -0.463 e. The molecule has 0 aromatic heterocycles. The van der Waals surface area contributed by atoms with Gasteiger partial charge in [-0.3, -0.25) is 28.8 Å². The molecule has 0 spiro atoms. The maximum Gasteiger partial charge on any atom is 0.325 e. The standard InChI is InChI=1S/C30H44N4O10/c1-18(15-43-30-21(4)19(2)20(3)24(44-30)17-41-22(5)35)29(40)34-13-27(38)32-11-25(36)31-12-26(37)33-14-28(39)42-16-23-9-7-6-8-10-23/h6-10,18-21,24,30H,11-17H2,1-5H3,(H,31,36)(H,32,38)(H,33,37)(H,34,40)/t18-,19-,20-,21?,24?,30+/m0/s1. The Morgan fingerprint density at radius 3 is 1.93 bits per heavy atom. The van der Waals surface area contributed by atoms with Crippen molar-refractivity contribution in [1.29, 1.82) is 0 Å². The Morgan fingerprint density at radius 1 is 0.773 bits per heavy atom. The van der Waals surface area contributed by atoms with E-state index in [2.05, 4.69) is 28.2 Å². The van der Waals surface area contributed by atoms with Gasteiger partial charge >= 0.3 is 11.9 Å². The molecule has 1 aromatic carbocycles. The van der Waals surface area contributed by atoms with Crippen molar-refractivity contribution < 1.29 is 47.7 Å². The van der Waals surface area contributed by atoms with E-state index in [0.29, 0.717) is 0 Å². The van der Waals surface area contributed by atoms with Crippen LogP contribution in [0.2, 0.25) is 0 Å². The minimum atomic E-state index is -0.634. The Balaban J connectivity index is 1.59. The number of amides is 4. The summed E-state index contributed by atoms with van der Waals surface area (Å²) in [5.41, 5.74) is 0.807. The number of benzene rings is 1. The average molecular weight is 621 g/mol. The highest BCUT2D eigenvalue weighted by atomic mass is 16.7. The second-order valence-corrected chi connectivity index (χ2v) is 10.9. The van der Waals surface area contributed by atoms with Crippen LogP contribution in [0.1, 0.15) is 40.2 Å². The Hall–Kier alpha value is -4.04. The van der Waals surface area contributed by atoms with Gasteiger partial charge in [0.05, 0.1) is 38.3 Å². The number of ether oxygens (including phenoxy) is 4. The van der Waals surface area contributed by atoms with Crippen LogP contribution in [-0.2, 0) is 54.3 Å². The van der Waals surface area contributed by atoms with Crippen LogP contribution in [0.15, 0.2) is 30.3 Å². The van der Waals surface area contributed by atoms with Gasteiger partial charge in [0.2, 0.25) is 23.6 Å².